The lowest BCUT2D eigenvalue weighted by Crippen LogP contribution is -2.44. The Morgan fingerprint density at radius 1 is 0.634 bits per heavy atom. The van der Waals surface area contributed by atoms with Crippen LogP contribution in [0.15, 0.2) is 107 Å². The second-order valence-corrected chi connectivity index (χ2v) is 21.1. The number of rotatable bonds is 23. The number of imide groups is 1. The Kier molecular flexibility index (Phi) is 17.4. The van der Waals surface area contributed by atoms with E-state index in [1.54, 1.807) is 59.3 Å². The highest BCUT2D eigenvalue weighted by atomic mass is 16.5. The van der Waals surface area contributed by atoms with Gasteiger partial charge in [0.1, 0.15) is 11.8 Å². The Bertz CT molecular complexity index is 3290. The molecule has 0 aromatic heterocycles. The summed E-state index contributed by atoms with van der Waals surface area (Å²) in [7, 11) is 5.20. The number of aliphatic imine (C=N–C) groups is 2. The fraction of sp³-hybridized carbons (Fsp3) is 0.371. The first-order chi connectivity index (χ1) is 39.7. The molecule has 1 unspecified atom stereocenters. The molecule has 6 amide bonds. The van der Waals surface area contributed by atoms with E-state index in [0.717, 1.165) is 48.5 Å². The standard InChI is InChI=1S/C62H67N9O11/c1-39(65-57(73)19-18-48(72)9-6-5-7-22-69-58(74)20-21-59(69)75)60(76)66-44-14-10-40(11-15-44)42-29-46-35-63-51-33-55(53(79-3)31-49(51)61(77)70(46)37-42)81-27-8-28-82-56-34-52-50(32-54(56)80-4)62(78)71-38-43(30-47(71)36-64-52)41-12-16-45(17-13-41)68-25-23-67(2)24-26-68/h10-17,20-21,31-39,46-47H,5-9,18-19,22-30H2,1-4H3,(H,65,73)(H,66,76)/t39-,46-,47?/m0/s1. The minimum Gasteiger partial charge on any atom is -0.493 e. The zero-order valence-corrected chi connectivity index (χ0v) is 46.6. The number of ether oxygens (including phenoxy) is 4. The van der Waals surface area contributed by atoms with Crippen LogP contribution in [0.1, 0.15) is 96.6 Å². The summed E-state index contributed by atoms with van der Waals surface area (Å²) in [6, 6.07) is 21.2. The van der Waals surface area contributed by atoms with Crippen LogP contribution in [0.4, 0.5) is 22.7 Å². The number of nitrogens with zero attached hydrogens (tertiary/aromatic N) is 7. The van der Waals surface area contributed by atoms with E-state index in [4.69, 9.17) is 28.9 Å². The number of hydrogen-bond donors (Lipinski definition) is 2. The predicted octanol–water partition coefficient (Wildman–Crippen LogP) is 7.52. The number of fused-ring (bicyclic) bond motifs is 4. The topological polar surface area (TPSA) is 221 Å². The van der Waals surface area contributed by atoms with Crippen LogP contribution in [0.5, 0.6) is 23.0 Å². The monoisotopic (exact) mass is 1110 g/mol. The van der Waals surface area contributed by atoms with E-state index < -0.39 is 17.9 Å². The molecular formula is C62H67N9O11. The van der Waals surface area contributed by atoms with E-state index in [9.17, 15) is 33.6 Å². The van der Waals surface area contributed by atoms with Gasteiger partial charge in [0.05, 0.1) is 62.0 Å². The smallest absolute Gasteiger partial charge is 0.260 e. The molecule has 20 nitrogen and oxygen atoms in total. The van der Waals surface area contributed by atoms with Crippen molar-refractivity contribution in [1.29, 1.82) is 0 Å². The lowest BCUT2D eigenvalue weighted by atomic mass is 10.0. The molecule has 10 rings (SSSR count). The van der Waals surface area contributed by atoms with Crippen LogP contribution in [-0.4, -0.2) is 159 Å². The Morgan fingerprint density at radius 2 is 1.17 bits per heavy atom. The minimum absolute atomic E-state index is 0.0443. The minimum atomic E-state index is -0.859. The third-order valence-electron chi connectivity index (χ3n) is 15.5. The maximum atomic E-state index is 14.1. The van der Waals surface area contributed by atoms with Gasteiger partial charge in [0.15, 0.2) is 23.0 Å². The maximum absolute atomic E-state index is 14.1. The third kappa shape index (κ3) is 12.8. The van der Waals surface area contributed by atoms with E-state index in [0.29, 0.717) is 96.3 Å². The number of piperazine rings is 1. The highest BCUT2D eigenvalue weighted by molar-refractivity contribution is 6.13. The summed E-state index contributed by atoms with van der Waals surface area (Å²) in [6.07, 6.45) is 13.6. The van der Waals surface area contributed by atoms with Crippen molar-refractivity contribution in [2.24, 2.45) is 9.98 Å². The number of hydrogen-bond acceptors (Lipinski definition) is 15. The fourth-order valence-electron chi connectivity index (χ4n) is 10.7. The average Bonchev–Trinajstić information content (AvgIpc) is 4.26. The Labute approximate surface area is 476 Å². The molecule has 20 heteroatoms. The van der Waals surface area contributed by atoms with Gasteiger partial charge < -0.3 is 49.2 Å². The van der Waals surface area contributed by atoms with Gasteiger partial charge in [-0.3, -0.25) is 48.4 Å². The second kappa shape index (κ2) is 25.3. The van der Waals surface area contributed by atoms with Crippen LogP contribution in [-0.2, 0) is 24.0 Å². The number of Topliss-reactive ketones (excluding diaryl/α,β-unsaturated/α-hetero) is 1. The molecule has 0 saturated carbocycles. The largest absolute Gasteiger partial charge is 0.493 e. The van der Waals surface area contributed by atoms with Crippen LogP contribution in [0.2, 0.25) is 0 Å². The number of unbranched alkanes of at least 4 members (excludes halogenated alkanes) is 2. The average molecular weight is 1110 g/mol. The summed E-state index contributed by atoms with van der Waals surface area (Å²) < 4.78 is 23.8. The van der Waals surface area contributed by atoms with E-state index in [1.807, 2.05) is 30.7 Å². The van der Waals surface area contributed by atoms with E-state index in [-0.39, 0.29) is 74.0 Å². The molecule has 2 N–H and O–H groups in total. The molecule has 6 heterocycles. The summed E-state index contributed by atoms with van der Waals surface area (Å²) in [5.74, 6) is -0.323. The first kappa shape index (κ1) is 56.4. The Morgan fingerprint density at radius 3 is 1.71 bits per heavy atom. The van der Waals surface area contributed by atoms with Crippen molar-refractivity contribution in [1.82, 2.24) is 24.9 Å². The summed E-state index contributed by atoms with van der Waals surface area (Å²) in [6.45, 7) is 6.47. The zero-order valence-electron chi connectivity index (χ0n) is 46.6. The van der Waals surface area contributed by atoms with Crippen molar-refractivity contribution in [2.45, 2.75) is 82.8 Å². The molecule has 6 aliphatic heterocycles. The molecule has 1 saturated heterocycles. The molecule has 1 fully saturated rings. The molecule has 0 bridgehead atoms. The normalized spacial score (nSPS) is 18.5. The summed E-state index contributed by atoms with van der Waals surface area (Å²) >= 11 is 0. The Balaban J connectivity index is 0.671. The Hall–Kier alpha value is -8.91. The molecule has 6 aliphatic rings. The molecule has 82 heavy (non-hydrogen) atoms. The molecule has 426 valence electrons. The first-order valence-corrected chi connectivity index (χ1v) is 27.9. The number of ketones is 1. The summed E-state index contributed by atoms with van der Waals surface area (Å²) in [5, 5.41) is 5.47. The van der Waals surface area contributed by atoms with Gasteiger partial charge >= 0.3 is 0 Å². The fourth-order valence-corrected chi connectivity index (χ4v) is 10.7. The number of carbonyl (C=O) groups is 7. The predicted molar refractivity (Wildman–Crippen MR) is 310 cm³/mol. The summed E-state index contributed by atoms with van der Waals surface area (Å²) in [4.78, 5) is 108. The van der Waals surface area contributed by atoms with Gasteiger partial charge in [-0.2, -0.15) is 0 Å². The number of anilines is 2. The maximum Gasteiger partial charge on any atom is 0.260 e. The zero-order chi connectivity index (χ0) is 57.4. The van der Waals surface area contributed by atoms with Gasteiger partial charge in [-0.1, -0.05) is 30.7 Å². The van der Waals surface area contributed by atoms with Gasteiger partial charge in [0, 0.05) is 132 Å². The van der Waals surface area contributed by atoms with Gasteiger partial charge in [-0.05, 0) is 85.5 Å². The van der Waals surface area contributed by atoms with Gasteiger partial charge in [0.25, 0.3) is 23.6 Å². The quantitative estimate of drug-likeness (QED) is 0.0543. The molecule has 3 atom stereocenters. The van der Waals surface area contributed by atoms with Crippen LogP contribution in [0, 0.1) is 0 Å². The van der Waals surface area contributed by atoms with Crippen LogP contribution < -0.4 is 34.5 Å². The van der Waals surface area contributed by atoms with Crippen LogP contribution in [0.3, 0.4) is 0 Å². The van der Waals surface area contributed by atoms with E-state index in [1.165, 1.54) is 37.0 Å². The summed E-state index contributed by atoms with van der Waals surface area (Å²) in [5.41, 5.74) is 7.37. The number of benzene rings is 4. The SMILES string of the molecule is COc1cc2c(cc1OCCCOc1cc3c(cc1OC)C(=O)N1C=C(c4ccc(NC(=O)[C@H](C)NC(=O)CCC(=O)CCCCCN5C(=O)C=CC5=O)cc4)C[C@H]1C=N3)N=CC1CC(c3ccc(N4CCN(C)CC4)cc3)=CN1C2=O. The number of likely N-dealkylation sites (N-methyl/N-ethyl adjacent to an activating group) is 1. The molecular weight excluding hydrogens is 1050 g/mol. The van der Waals surface area contributed by atoms with Gasteiger partial charge in [-0.15, -0.1) is 0 Å². The molecule has 0 spiro atoms. The highest BCUT2D eigenvalue weighted by Crippen LogP contribution is 2.42. The lowest BCUT2D eigenvalue weighted by Gasteiger charge is -2.34. The van der Waals surface area contributed by atoms with Crippen molar-refractivity contribution in [3.05, 3.63) is 120 Å². The number of carbonyl (C=O) groups excluding carboxylic acids is 7. The van der Waals surface area contributed by atoms with Gasteiger partial charge in [-0.25, -0.2) is 0 Å². The van der Waals surface area contributed by atoms with E-state index >= 15 is 0 Å². The number of methoxy groups -OCH3 is 2. The van der Waals surface area contributed by atoms with Crippen molar-refractivity contribution >= 4 is 87.6 Å². The van der Waals surface area contributed by atoms with Crippen molar-refractivity contribution in [3.63, 3.8) is 0 Å². The lowest BCUT2D eigenvalue weighted by molar-refractivity contribution is -0.137. The van der Waals surface area contributed by atoms with Crippen molar-refractivity contribution in [3.8, 4) is 23.0 Å². The van der Waals surface area contributed by atoms with Crippen molar-refractivity contribution in [2.75, 3.05) is 77.4 Å². The molecule has 4 aromatic carbocycles. The number of amides is 6. The highest BCUT2D eigenvalue weighted by Gasteiger charge is 2.36. The van der Waals surface area contributed by atoms with Crippen LogP contribution >= 0.6 is 0 Å². The van der Waals surface area contributed by atoms with Crippen molar-refractivity contribution < 1.29 is 52.5 Å². The second-order valence-electron chi connectivity index (χ2n) is 21.1. The number of nitrogens with one attached hydrogen (secondary N) is 2. The molecule has 4 aromatic rings. The van der Waals surface area contributed by atoms with E-state index in [2.05, 4.69) is 51.7 Å². The van der Waals surface area contributed by atoms with Crippen LogP contribution in [0.25, 0.3) is 11.1 Å². The van der Waals surface area contributed by atoms with Gasteiger partial charge in [0.2, 0.25) is 11.8 Å². The molecule has 0 aliphatic carbocycles. The third-order valence-corrected chi connectivity index (χ3v) is 15.5. The molecule has 0 radical (unpaired) electrons. The first-order valence-electron chi connectivity index (χ1n) is 27.9.